The molecule has 0 aliphatic rings. The van der Waals surface area contributed by atoms with Gasteiger partial charge in [-0.05, 0) is 35.9 Å². The SMILES string of the molecule is CCCCSc1cccc2c(-c3ccc(C(N)=O)cc3)cn(C(N)=O)c12. The Morgan fingerprint density at radius 2 is 1.81 bits per heavy atom. The molecular formula is C20H21N3O2S. The Morgan fingerprint density at radius 3 is 2.42 bits per heavy atom. The number of carbonyl (C=O) groups excluding carboxylic acids is 2. The predicted octanol–water partition coefficient (Wildman–Crippen LogP) is 4.23. The Morgan fingerprint density at radius 1 is 1.08 bits per heavy atom. The molecule has 1 aromatic heterocycles. The van der Waals surface area contributed by atoms with Gasteiger partial charge in [0, 0.05) is 27.6 Å². The number of fused-ring (bicyclic) bond motifs is 1. The summed E-state index contributed by atoms with van der Waals surface area (Å²) in [6.07, 6.45) is 3.99. The van der Waals surface area contributed by atoms with Crippen LogP contribution in [0.1, 0.15) is 30.1 Å². The van der Waals surface area contributed by atoms with E-state index in [4.69, 9.17) is 11.5 Å². The quantitative estimate of drug-likeness (QED) is 0.504. The van der Waals surface area contributed by atoms with Crippen LogP contribution in [0.25, 0.3) is 22.0 Å². The molecule has 0 radical (unpaired) electrons. The molecule has 5 nitrogen and oxygen atoms in total. The fraction of sp³-hybridized carbons (Fsp3) is 0.200. The third-order valence-corrected chi connectivity index (χ3v) is 5.39. The summed E-state index contributed by atoms with van der Waals surface area (Å²) in [6, 6.07) is 12.5. The van der Waals surface area contributed by atoms with E-state index in [2.05, 4.69) is 6.92 Å². The molecule has 3 aromatic rings. The molecule has 6 heteroatoms. The van der Waals surface area contributed by atoms with Crippen molar-refractivity contribution in [2.45, 2.75) is 24.7 Å². The molecular weight excluding hydrogens is 346 g/mol. The van der Waals surface area contributed by atoms with E-state index in [9.17, 15) is 9.59 Å². The Labute approximate surface area is 156 Å². The number of primary amides is 2. The van der Waals surface area contributed by atoms with Crippen LogP contribution in [0.15, 0.2) is 53.6 Å². The number of hydrogen-bond donors (Lipinski definition) is 2. The number of hydrogen-bond acceptors (Lipinski definition) is 3. The fourth-order valence-electron chi connectivity index (χ4n) is 2.91. The zero-order valence-electron chi connectivity index (χ0n) is 14.6. The molecule has 0 aliphatic carbocycles. The maximum absolute atomic E-state index is 12.0. The van der Waals surface area contributed by atoms with Crippen LogP contribution in [0.5, 0.6) is 0 Å². The van der Waals surface area contributed by atoms with Crippen LogP contribution in [0.4, 0.5) is 4.79 Å². The van der Waals surface area contributed by atoms with Crippen molar-refractivity contribution in [1.29, 1.82) is 0 Å². The first-order chi connectivity index (χ1) is 12.5. The van der Waals surface area contributed by atoms with Crippen molar-refractivity contribution in [3.05, 3.63) is 54.2 Å². The third-order valence-electron chi connectivity index (χ3n) is 4.26. The van der Waals surface area contributed by atoms with Gasteiger partial charge in [-0.2, -0.15) is 0 Å². The van der Waals surface area contributed by atoms with Gasteiger partial charge in [-0.15, -0.1) is 11.8 Å². The van der Waals surface area contributed by atoms with Gasteiger partial charge in [-0.1, -0.05) is 37.6 Å². The van der Waals surface area contributed by atoms with E-state index in [-0.39, 0.29) is 0 Å². The molecule has 0 saturated heterocycles. The summed E-state index contributed by atoms with van der Waals surface area (Å²) in [5.74, 6) is 0.521. The summed E-state index contributed by atoms with van der Waals surface area (Å²) in [5.41, 5.74) is 14.0. The second-order valence-corrected chi connectivity index (χ2v) is 7.18. The van der Waals surface area contributed by atoms with Gasteiger partial charge < -0.3 is 11.5 Å². The lowest BCUT2D eigenvalue weighted by atomic mass is 10.0. The highest BCUT2D eigenvalue weighted by Crippen LogP contribution is 2.36. The minimum atomic E-state index is -0.515. The largest absolute Gasteiger partial charge is 0.366 e. The molecule has 0 spiro atoms. The van der Waals surface area contributed by atoms with Crippen LogP contribution in [0, 0.1) is 0 Å². The van der Waals surface area contributed by atoms with Crippen molar-refractivity contribution in [3.63, 3.8) is 0 Å². The number of thioether (sulfide) groups is 1. The van der Waals surface area contributed by atoms with Crippen LogP contribution >= 0.6 is 11.8 Å². The topological polar surface area (TPSA) is 91.1 Å². The minimum Gasteiger partial charge on any atom is -0.366 e. The van der Waals surface area contributed by atoms with E-state index in [1.165, 1.54) is 4.57 Å². The van der Waals surface area contributed by atoms with Crippen molar-refractivity contribution in [2.24, 2.45) is 11.5 Å². The van der Waals surface area contributed by atoms with Crippen molar-refractivity contribution in [3.8, 4) is 11.1 Å². The Hall–Kier alpha value is -2.73. The number of nitrogens with zero attached hydrogens (tertiary/aromatic N) is 1. The van der Waals surface area contributed by atoms with Gasteiger partial charge in [0.25, 0.3) is 0 Å². The average molecular weight is 367 g/mol. The van der Waals surface area contributed by atoms with Crippen LogP contribution < -0.4 is 11.5 Å². The standard InChI is InChI=1S/C20H21N3O2S/c1-2-3-11-26-17-6-4-5-15-16(12-23(18(15)17)20(22)25)13-7-9-14(10-8-13)19(21)24/h4-10,12H,2-3,11H2,1H3,(H2,21,24)(H2,22,25). The van der Waals surface area contributed by atoms with Crippen molar-refractivity contribution >= 4 is 34.6 Å². The van der Waals surface area contributed by atoms with Crippen LogP contribution in [-0.4, -0.2) is 22.3 Å². The normalized spacial score (nSPS) is 11.0. The Balaban J connectivity index is 2.13. The molecule has 134 valence electrons. The molecule has 0 saturated carbocycles. The number of carbonyl (C=O) groups is 2. The van der Waals surface area contributed by atoms with E-state index in [0.717, 1.165) is 45.5 Å². The highest BCUT2D eigenvalue weighted by Gasteiger charge is 2.16. The zero-order valence-corrected chi connectivity index (χ0v) is 15.4. The molecule has 0 bridgehead atoms. The summed E-state index contributed by atoms with van der Waals surface area (Å²) >= 11 is 1.73. The summed E-state index contributed by atoms with van der Waals surface area (Å²) in [6.45, 7) is 2.15. The number of aromatic nitrogens is 1. The molecule has 0 fully saturated rings. The second kappa shape index (κ2) is 7.66. The first kappa shape index (κ1) is 18.1. The van der Waals surface area contributed by atoms with Gasteiger partial charge >= 0.3 is 6.03 Å². The van der Waals surface area contributed by atoms with Crippen molar-refractivity contribution < 1.29 is 9.59 Å². The molecule has 0 unspecified atom stereocenters. The summed E-state index contributed by atoms with van der Waals surface area (Å²) in [5, 5.41) is 0.956. The van der Waals surface area contributed by atoms with Crippen molar-refractivity contribution in [2.75, 3.05) is 5.75 Å². The maximum Gasteiger partial charge on any atom is 0.323 e. The summed E-state index contributed by atoms with van der Waals surface area (Å²) in [4.78, 5) is 24.3. The van der Waals surface area contributed by atoms with E-state index in [1.54, 1.807) is 30.1 Å². The molecule has 0 atom stereocenters. The highest BCUT2D eigenvalue weighted by molar-refractivity contribution is 7.99. The number of benzene rings is 2. The van der Waals surface area contributed by atoms with Gasteiger partial charge in [-0.3, -0.25) is 9.36 Å². The lowest BCUT2D eigenvalue weighted by Gasteiger charge is -2.06. The Kier molecular flexibility index (Phi) is 5.32. The smallest absolute Gasteiger partial charge is 0.323 e. The predicted molar refractivity (Wildman–Crippen MR) is 107 cm³/mol. The van der Waals surface area contributed by atoms with E-state index in [0.29, 0.717) is 5.56 Å². The molecule has 2 amide bonds. The first-order valence-corrected chi connectivity index (χ1v) is 9.48. The van der Waals surface area contributed by atoms with Crippen LogP contribution in [-0.2, 0) is 0 Å². The number of unbranched alkanes of at least 4 members (excludes halogenated alkanes) is 1. The number of nitrogens with two attached hydrogens (primary N) is 2. The zero-order chi connectivity index (χ0) is 18.7. The van der Waals surface area contributed by atoms with E-state index in [1.807, 2.05) is 30.3 Å². The monoisotopic (exact) mass is 367 g/mol. The van der Waals surface area contributed by atoms with Crippen LogP contribution in [0.3, 0.4) is 0 Å². The molecule has 26 heavy (non-hydrogen) atoms. The van der Waals surface area contributed by atoms with E-state index < -0.39 is 11.9 Å². The highest BCUT2D eigenvalue weighted by atomic mass is 32.2. The van der Waals surface area contributed by atoms with Gasteiger partial charge in [0.2, 0.25) is 5.91 Å². The molecule has 1 heterocycles. The molecule has 2 aromatic carbocycles. The van der Waals surface area contributed by atoms with Gasteiger partial charge in [-0.25, -0.2) is 4.79 Å². The number of amides is 2. The number of rotatable bonds is 6. The summed E-state index contributed by atoms with van der Waals surface area (Å²) < 4.78 is 1.50. The van der Waals surface area contributed by atoms with Gasteiger partial charge in [0.05, 0.1) is 5.52 Å². The first-order valence-electron chi connectivity index (χ1n) is 8.49. The Bertz CT molecular complexity index is 961. The van der Waals surface area contributed by atoms with Crippen LogP contribution in [0.2, 0.25) is 0 Å². The summed E-state index contributed by atoms with van der Waals surface area (Å²) in [7, 11) is 0. The maximum atomic E-state index is 12.0. The number of para-hydroxylation sites is 1. The second-order valence-electron chi connectivity index (χ2n) is 6.05. The molecule has 4 N–H and O–H groups in total. The lowest BCUT2D eigenvalue weighted by molar-refractivity contribution is 0.100. The molecule has 3 rings (SSSR count). The third kappa shape index (κ3) is 3.46. The van der Waals surface area contributed by atoms with Gasteiger partial charge in [0.1, 0.15) is 0 Å². The van der Waals surface area contributed by atoms with Crippen molar-refractivity contribution in [1.82, 2.24) is 4.57 Å². The average Bonchev–Trinajstić information content (AvgIpc) is 3.03. The minimum absolute atomic E-state index is 0.447. The van der Waals surface area contributed by atoms with Gasteiger partial charge in [0.15, 0.2) is 0 Å². The van der Waals surface area contributed by atoms with E-state index >= 15 is 0 Å². The fourth-order valence-corrected chi connectivity index (χ4v) is 4.08. The molecule has 0 aliphatic heterocycles. The lowest BCUT2D eigenvalue weighted by Crippen LogP contribution is -2.18.